The van der Waals surface area contributed by atoms with Gasteiger partial charge in [-0.3, -0.25) is 4.90 Å². The van der Waals surface area contributed by atoms with Crippen LogP contribution in [0.1, 0.15) is 6.42 Å². The lowest BCUT2D eigenvalue weighted by molar-refractivity contribution is 0.176. The van der Waals surface area contributed by atoms with Crippen LogP contribution in [0.4, 0.5) is 10.5 Å². The zero-order valence-corrected chi connectivity index (χ0v) is 8.18. The quantitative estimate of drug-likeness (QED) is 0.648. The van der Waals surface area contributed by atoms with Gasteiger partial charge in [0.1, 0.15) is 12.4 Å². The van der Waals surface area contributed by atoms with Crippen molar-refractivity contribution in [3.8, 4) is 5.75 Å². The predicted octanol–water partition coefficient (Wildman–Crippen LogP) is 1.79. The average Bonchev–Trinajstić information content (AvgIpc) is 2.52. The second-order valence-corrected chi connectivity index (χ2v) is 3.71. The molecule has 15 heavy (non-hydrogen) atoms. The Hall–Kier alpha value is -1.71. The molecule has 2 aliphatic heterocycles. The molecule has 0 aliphatic carbocycles. The third-order valence-corrected chi connectivity index (χ3v) is 2.79. The van der Waals surface area contributed by atoms with Crippen molar-refractivity contribution in [1.82, 2.24) is 0 Å². The van der Waals surface area contributed by atoms with Gasteiger partial charge in [0.05, 0.1) is 18.3 Å². The monoisotopic (exact) mass is 205 g/mol. The summed E-state index contributed by atoms with van der Waals surface area (Å²) in [6.45, 7) is 1.10. The highest BCUT2D eigenvalue weighted by Crippen LogP contribution is 2.35. The first-order valence-corrected chi connectivity index (χ1v) is 5.04. The SMILES string of the molecule is O=C1OCC2CCOc3ccccc3N12. The van der Waals surface area contributed by atoms with Gasteiger partial charge in [-0.2, -0.15) is 0 Å². The van der Waals surface area contributed by atoms with Crippen LogP contribution in [0.3, 0.4) is 0 Å². The number of nitrogens with zero attached hydrogens (tertiary/aromatic N) is 1. The fraction of sp³-hybridized carbons (Fsp3) is 0.364. The molecule has 1 unspecified atom stereocenters. The van der Waals surface area contributed by atoms with E-state index in [-0.39, 0.29) is 12.1 Å². The van der Waals surface area contributed by atoms with Crippen LogP contribution in [0.5, 0.6) is 5.75 Å². The number of anilines is 1. The van der Waals surface area contributed by atoms with Gasteiger partial charge in [-0.25, -0.2) is 4.79 Å². The minimum Gasteiger partial charge on any atom is -0.491 e. The van der Waals surface area contributed by atoms with Crippen LogP contribution in [0, 0.1) is 0 Å². The van der Waals surface area contributed by atoms with Gasteiger partial charge in [-0.1, -0.05) is 12.1 Å². The molecule has 1 saturated heterocycles. The summed E-state index contributed by atoms with van der Waals surface area (Å²) < 4.78 is 10.6. The molecule has 1 atom stereocenters. The van der Waals surface area contributed by atoms with E-state index in [2.05, 4.69) is 0 Å². The smallest absolute Gasteiger partial charge is 0.414 e. The fourth-order valence-corrected chi connectivity index (χ4v) is 2.05. The molecule has 3 rings (SSSR count). The van der Waals surface area contributed by atoms with E-state index in [0.29, 0.717) is 13.2 Å². The third-order valence-electron chi connectivity index (χ3n) is 2.79. The zero-order valence-electron chi connectivity index (χ0n) is 8.18. The van der Waals surface area contributed by atoms with Crippen molar-refractivity contribution >= 4 is 11.8 Å². The van der Waals surface area contributed by atoms with E-state index in [4.69, 9.17) is 9.47 Å². The second-order valence-electron chi connectivity index (χ2n) is 3.71. The lowest BCUT2D eigenvalue weighted by Gasteiger charge is -2.18. The van der Waals surface area contributed by atoms with Gasteiger partial charge in [-0.05, 0) is 12.1 Å². The van der Waals surface area contributed by atoms with Crippen LogP contribution in [0.15, 0.2) is 24.3 Å². The van der Waals surface area contributed by atoms with Crippen molar-refractivity contribution in [2.24, 2.45) is 0 Å². The second kappa shape index (κ2) is 3.15. The molecule has 1 aromatic carbocycles. The summed E-state index contributed by atoms with van der Waals surface area (Å²) in [6, 6.07) is 7.70. The van der Waals surface area contributed by atoms with Gasteiger partial charge in [0.15, 0.2) is 0 Å². The number of carbonyl (C=O) groups excluding carboxylic acids is 1. The van der Waals surface area contributed by atoms with Crippen LogP contribution in [-0.2, 0) is 4.74 Å². The maximum absolute atomic E-state index is 11.6. The Kier molecular flexibility index (Phi) is 1.80. The summed E-state index contributed by atoms with van der Waals surface area (Å²) in [5.41, 5.74) is 0.822. The van der Waals surface area contributed by atoms with E-state index >= 15 is 0 Å². The molecule has 2 heterocycles. The van der Waals surface area contributed by atoms with Crippen molar-refractivity contribution in [1.29, 1.82) is 0 Å². The van der Waals surface area contributed by atoms with Crippen molar-refractivity contribution in [3.05, 3.63) is 24.3 Å². The molecule has 4 nitrogen and oxygen atoms in total. The maximum Gasteiger partial charge on any atom is 0.414 e. The van der Waals surface area contributed by atoms with Crippen molar-refractivity contribution < 1.29 is 14.3 Å². The zero-order chi connectivity index (χ0) is 10.3. The van der Waals surface area contributed by atoms with Crippen LogP contribution in [0.2, 0.25) is 0 Å². The van der Waals surface area contributed by atoms with E-state index in [1.54, 1.807) is 4.90 Å². The lowest BCUT2D eigenvalue weighted by atomic mass is 10.2. The molecule has 78 valence electrons. The van der Waals surface area contributed by atoms with Crippen molar-refractivity contribution in [2.75, 3.05) is 18.1 Å². The van der Waals surface area contributed by atoms with E-state index in [9.17, 15) is 4.79 Å². The van der Waals surface area contributed by atoms with E-state index in [1.807, 2.05) is 24.3 Å². The minimum absolute atomic E-state index is 0.126. The number of fused-ring (bicyclic) bond motifs is 3. The Balaban J connectivity index is 2.10. The number of amides is 1. The molecule has 1 amide bonds. The summed E-state index contributed by atoms with van der Waals surface area (Å²) in [4.78, 5) is 13.3. The van der Waals surface area contributed by atoms with E-state index < -0.39 is 0 Å². The Morgan fingerprint density at radius 2 is 2.13 bits per heavy atom. The van der Waals surface area contributed by atoms with Gasteiger partial charge in [-0.15, -0.1) is 0 Å². The van der Waals surface area contributed by atoms with E-state index in [1.165, 1.54) is 0 Å². The number of hydrogen-bond acceptors (Lipinski definition) is 3. The summed E-state index contributed by atoms with van der Waals surface area (Å²) in [5, 5.41) is 0. The van der Waals surface area contributed by atoms with Gasteiger partial charge < -0.3 is 9.47 Å². The molecule has 0 bridgehead atoms. The largest absolute Gasteiger partial charge is 0.491 e. The third kappa shape index (κ3) is 1.25. The standard InChI is InChI=1S/C11H11NO3/c13-11-12-8(7-15-11)5-6-14-10-4-2-1-3-9(10)12/h1-4,8H,5-7H2. The van der Waals surface area contributed by atoms with Gasteiger partial charge >= 0.3 is 6.09 Å². The highest BCUT2D eigenvalue weighted by atomic mass is 16.6. The molecule has 1 fully saturated rings. The summed E-state index contributed by atoms with van der Waals surface area (Å²) in [7, 11) is 0. The first kappa shape index (κ1) is 8.59. The Morgan fingerprint density at radius 1 is 1.27 bits per heavy atom. The lowest BCUT2D eigenvalue weighted by Crippen LogP contribution is -2.32. The van der Waals surface area contributed by atoms with Crippen molar-refractivity contribution in [2.45, 2.75) is 12.5 Å². The molecule has 4 heteroatoms. The number of para-hydroxylation sites is 2. The fourth-order valence-electron chi connectivity index (χ4n) is 2.05. The Morgan fingerprint density at radius 3 is 3.07 bits per heavy atom. The highest BCUT2D eigenvalue weighted by molar-refractivity contribution is 5.92. The number of rotatable bonds is 0. The molecule has 0 aromatic heterocycles. The number of hydrogen-bond donors (Lipinski definition) is 0. The first-order valence-electron chi connectivity index (χ1n) is 5.04. The summed E-state index contributed by atoms with van der Waals surface area (Å²) >= 11 is 0. The Labute approximate surface area is 87.4 Å². The molecule has 1 aromatic rings. The average molecular weight is 205 g/mol. The topological polar surface area (TPSA) is 38.8 Å². The maximum atomic E-state index is 11.6. The van der Waals surface area contributed by atoms with E-state index in [0.717, 1.165) is 17.9 Å². The molecule has 0 spiro atoms. The number of carbonyl (C=O) groups is 1. The van der Waals surface area contributed by atoms with Crippen LogP contribution in [-0.4, -0.2) is 25.3 Å². The van der Waals surface area contributed by atoms with Crippen LogP contribution < -0.4 is 9.64 Å². The van der Waals surface area contributed by atoms with Crippen molar-refractivity contribution in [3.63, 3.8) is 0 Å². The number of cyclic esters (lactones) is 1. The normalized spacial score (nSPS) is 23.6. The minimum atomic E-state index is -0.266. The summed E-state index contributed by atoms with van der Waals surface area (Å²) in [6.07, 6.45) is 0.554. The predicted molar refractivity (Wildman–Crippen MR) is 54.2 cm³/mol. The molecular weight excluding hydrogens is 194 g/mol. The molecule has 0 radical (unpaired) electrons. The number of ether oxygens (including phenoxy) is 2. The Bertz CT molecular complexity index is 405. The molecular formula is C11H11NO3. The van der Waals surface area contributed by atoms with Crippen LogP contribution >= 0.6 is 0 Å². The molecule has 2 aliphatic rings. The first-order chi connectivity index (χ1) is 7.36. The van der Waals surface area contributed by atoms with Gasteiger partial charge in [0, 0.05) is 6.42 Å². The molecule has 0 N–H and O–H groups in total. The highest BCUT2D eigenvalue weighted by Gasteiger charge is 2.37. The van der Waals surface area contributed by atoms with Crippen LogP contribution in [0.25, 0.3) is 0 Å². The van der Waals surface area contributed by atoms with Gasteiger partial charge in [0.25, 0.3) is 0 Å². The number of benzene rings is 1. The van der Waals surface area contributed by atoms with Gasteiger partial charge in [0.2, 0.25) is 0 Å². The summed E-state index contributed by atoms with van der Waals surface area (Å²) in [5.74, 6) is 0.763. The molecule has 0 saturated carbocycles.